The first-order chi connectivity index (χ1) is 11.7. The first kappa shape index (κ1) is 15.3. The van der Waals surface area contributed by atoms with Crippen molar-refractivity contribution in [3.8, 4) is 22.8 Å². The fraction of sp³-hybridized carbons (Fsp3) is 0.176. The number of nitrogens with one attached hydrogen (secondary N) is 1. The van der Waals surface area contributed by atoms with Crippen LogP contribution in [-0.2, 0) is 6.42 Å². The summed E-state index contributed by atoms with van der Waals surface area (Å²) < 4.78 is 12.7. The predicted octanol–water partition coefficient (Wildman–Crippen LogP) is 3.02. The van der Waals surface area contributed by atoms with E-state index in [4.69, 9.17) is 7.80 Å². The molecule has 2 aromatic heterocycles. The molecule has 0 spiro atoms. The van der Waals surface area contributed by atoms with E-state index in [-0.39, 0.29) is 5.91 Å². The minimum Gasteiger partial charge on any atom is -0.496 e. The van der Waals surface area contributed by atoms with E-state index in [1.165, 1.54) is 0 Å². The molecule has 0 aliphatic carbocycles. The lowest BCUT2D eigenvalue weighted by Gasteiger charge is -2.20. The van der Waals surface area contributed by atoms with Crippen molar-refractivity contribution >= 4 is 34.6 Å². The van der Waals surface area contributed by atoms with Crippen molar-refractivity contribution in [2.45, 2.75) is 6.42 Å². The van der Waals surface area contributed by atoms with Crippen LogP contribution >= 0.6 is 23.0 Å². The van der Waals surface area contributed by atoms with Gasteiger partial charge in [-0.25, -0.2) is 4.98 Å². The first-order valence-corrected chi connectivity index (χ1v) is 8.34. The van der Waals surface area contributed by atoms with Crippen molar-refractivity contribution in [1.82, 2.24) is 14.7 Å². The van der Waals surface area contributed by atoms with Gasteiger partial charge in [0.05, 0.1) is 24.6 Å². The summed E-state index contributed by atoms with van der Waals surface area (Å²) in [5, 5.41) is 2.86. The summed E-state index contributed by atoms with van der Waals surface area (Å²) in [7, 11) is 1.58. The SMILES string of the molecule is COc1cc(-c2cnc3cc(OI)ccn23)cc2c1C(=O)NCC2. The Morgan fingerprint density at radius 1 is 1.33 bits per heavy atom. The van der Waals surface area contributed by atoms with Gasteiger partial charge in [-0.3, -0.25) is 9.20 Å². The van der Waals surface area contributed by atoms with Crippen molar-refractivity contribution in [3.63, 3.8) is 0 Å². The lowest BCUT2D eigenvalue weighted by Crippen LogP contribution is -2.32. The third-order valence-corrected chi connectivity index (χ3v) is 4.69. The highest BCUT2D eigenvalue weighted by molar-refractivity contribution is 14.1. The fourth-order valence-electron chi connectivity index (χ4n) is 3.06. The average molecular weight is 435 g/mol. The third-order valence-electron chi connectivity index (χ3n) is 4.18. The number of imidazole rings is 1. The van der Waals surface area contributed by atoms with Gasteiger partial charge in [0, 0.05) is 24.4 Å². The molecule has 0 atom stereocenters. The molecule has 1 N–H and O–H groups in total. The van der Waals surface area contributed by atoms with Gasteiger partial charge >= 0.3 is 0 Å². The molecule has 122 valence electrons. The molecule has 1 amide bonds. The molecule has 3 heterocycles. The Balaban J connectivity index is 1.89. The van der Waals surface area contributed by atoms with Gasteiger partial charge < -0.3 is 13.1 Å². The van der Waals surface area contributed by atoms with Gasteiger partial charge in [-0.15, -0.1) is 0 Å². The van der Waals surface area contributed by atoms with Crippen LogP contribution in [0.5, 0.6) is 11.5 Å². The number of pyridine rings is 1. The van der Waals surface area contributed by atoms with Crippen molar-refractivity contribution < 1.29 is 12.6 Å². The Morgan fingerprint density at radius 3 is 3.00 bits per heavy atom. The Labute approximate surface area is 152 Å². The number of benzene rings is 1. The number of fused-ring (bicyclic) bond motifs is 2. The summed E-state index contributed by atoms with van der Waals surface area (Å²) in [5.74, 6) is 1.25. The maximum Gasteiger partial charge on any atom is 0.255 e. The van der Waals surface area contributed by atoms with Crippen LogP contribution in [0.1, 0.15) is 15.9 Å². The molecule has 1 aromatic carbocycles. The molecule has 0 bridgehead atoms. The molecular formula is C17H14IN3O3. The van der Waals surface area contributed by atoms with Crippen LogP contribution in [0.3, 0.4) is 0 Å². The van der Waals surface area contributed by atoms with Crippen molar-refractivity contribution in [2.75, 3.05) is 13.7 Å². The van der Waals surface area contributed by atoms with Gasteiger partial charge in [-0.1, -0.05) is 0 Å². The summed E-state index contributed by atoms with van der Waals surface area (Å²) >= 11 is 1.85. The number of nitrogens with zero attached hydrogens (tertiary/aromatic N) is 2. The van der Waals surface area contributed by atoms with Crippen molar-refractivity contribution in [3.05, 3.63) is 47.8 Å². The van der Waals surface area contributed by atoms with Crippen LogP contribution in [0.25, 0.3) is 16.9 Å². The minimum absolute atomic E-state index is 0.0818. The van der Waals surface area contributed by atoms with E-state index in [1.807, 2.05) is 64.1 Å². The molecule has 7 heteroatoms. The molecule has 24 heavy (non-hydrogen) atoms. The molecule has 0 fully saturated rings. The number of methoxy groups -OCH3 is 1. The topological polar surface area (TPSA) is 64.9 Å². The van der Waals surface area contributed by atoms with Crippen LogP contribution in [0.2, 0.25) is 0 Å². The van der Waals surface area contributed by atoms with Crippen LogP contribution < -0.4 is 13.1 Å². The summed E-state index contributed by atoms with van der Waals surface area (Å²) in [4.78, 5) is 16.6. The van der Waals surface area contributed by atoms with Crippen molar-refractivity contribution in [1.29, 1.82) is 0 Å². The van der Waals surface area contributed by atoms with E-state index in [9.17, 15) is 4.79 Å². The van der Waals surface area contributed by atoms with Gasteiger partial charge in [-0.2, -0.15) is 0 Å². The first-order valence-electron chi connectivity index (χ1n) is 7.46. The number of carbonyl (C=O) groups is 1. The number of hydrogen-bond donors (Lipinski definition) is 1. The summed E-state index contributed by atoms with van der Waals surface area (Å²) in [6, 6.07) is 7.69. The van der Waals surface area contributed by atoms with Gasteiger partial charge in [0.15, 0.2) is 23.0 Å². The molecule has 0 saturated carbocycles. The minimum atomic E-state index is -0.0818. The maximum atomic E-state index is 12.1. The highest BCUT2D eigenvalue weighted by atomic mass is 127. The fourth-order valence-corrected chi connectivity index (χ4v) is 3.33. The number of rotatable bonds is 3. The zero-order chi connectivity index (χ0) is 16.7. The third kappa shape index (κ3) is 2.39. The highest BCUT2D eigenvalue weighted by Crippen LogP contribution is 2.33. The zero-order valence-corrected chi connectivity index (χ0v) is 15.0. The van der Waals surface area contributed by atoms with E-state index in [0.29, 0.717) is 17.9 Å². The van der Waals surface area contributed by atoms with Crippen molar-refractivity contribution in [2.24, 2.45) is 0 Å². The Bertz CT molecular complexity index is 934. The Hall–Kier alpha value is -2.29. The number of aromatic nitrogens is 2. The van der Waals surface area contributed by atoms with E-state index >= 15 is 0 Å². The second-order valence-electron chi connectivity index (χ2n) is 5.53. The van der Waals surface area contributed by atoms with E-state index in [1.54, 1.807) is 7.11 Å². The number of amides is 1. The molecular weight excluding hydrogens is 421 g/mol. The smallest absolute Gasteiger partial charge is 0.255 e. The molecule has 3 aromatic rings. The van der Waals surface area contributed by atoms with Gasteiger partial charge in [0.2, 0.25) is 0 Å². The van der Waals surface area contributed by atoms with Gasteiger partial charge in [0.25, 0.3) is 5.91 Å². The predicted molar refractivity (Wildman–Crippen MR) is 97.9 cm³/mol. The lowest BCUT2D eigenvalue weighted by atomic mass is 9.95. The number of hydrogen-bond acceptors (Lipinski definition) is 4. The largest absolute Gasteiger partial charge is 0.496 e. The van der Waals surface area contributed by atoms with Crippen LogP contribution in [-0.4, -0.2) is 28.9 Å². The summed E-state index contributed by atoms with van der Waals surface area (Å²) in [5.41, 5.74) is 4.33. The second-order valence-corrected chi connectivity index (χ2v) is 5.97. The maximum absolute atomic E-state index is 12.1. The number of halogens is 1. The van der Waals surface area contributed by atoms with E-state index in [0.717, 1.165) is 34.6 Å². The quantitative estimate of drug-likeness (QED) is 0.643. The average Bonchev–Trinajstić information content (AvgIpc) is 3.04. The van der Waals surface area contributed by atoms with E-state index < -0.39 is 0 Å². The normalized spacial score (nSPS) is 13.5. The number of carbonyl (C=O) groups excluding carboxylic acids is 1. The standard InChI is InChI=1S/C17H14IN3O3/c1-23-14-7-11(6-10-2-4-19-17(22)16(10)14)13-9-20-15-8-12(24-18)3-5-21(13)15/h3,5-9H,2,4H2,1H3,(H,19,22). The van der Waals surface area contributed by atoms with Gasteiger partial charge in [0.1, 0.15) is 17.1 Å². The molecule has 0 radical (unpaired) electrons. The van der Waals surface area contributed by atoms with Gasteiger partial charge in [-0.05, 0) is 30.2 Å². The lowest BCUT2D eigenvalue weighted by molar-refractivity contribution is 0.0942. The monoisotopic (exact) mass is 435 g/mol. The Kier molecular flexibility index (Phi) is 3.79. The summed E-state index contributed by atoms with van der Waals surface area (Å²) in [6.45, 7) is 0.641. The molecule has 4 rings (SSSR count). The zero-order valence-electron chi connectivity index (χ0n) is 12.9. The number of ether oxygens (including phenoxy) is 1. The molecule has 0 unspecified atom stereocenters. The molecule has 1 aliphatic rings. The molecule has 0 saturated heterocycles. The van der Waals surface area contributed by atoms with E-state index in [2.05, 4.69) is 10.3 Å². The van der Waals surface area contributed by atoms with Crippen LogP contribution in [0.4, 0.5) is 0 Å². The second kappa shape index (κ2) is 5.97. The molecule has 6 nitrogen and oxygen atoms in total. The highest BCUT2D eigenvalue weighted by Gasteiger charge is 2.23. The van der Waals surface area contributed by atoms with Crippen LogP contribution in [0.15, 0.2) is 36.7 Å². The molecule has 1 aliphatic heterocycles. The van der Waals surface area contributed by atoms with Crippen LogP contribution in [0, 0.1) is 0 Å². The Morgan fingerprint density at radius 2 is 2.21 bits per heavy atom. The summed E-state index contributed by atoms with van der Waals surface area (Å²) in [6.07, 6.45) is 4.52.